The molecule has 2 aromatic rings. The fraction of sp³-hybridized carbons (Fsp3) is 0.667. The molecular weight excluding hydrogens is 438 g/mol. The molecular formula is C27H41N7O. The summed E-state index contributed by atoms with van der Waals surface area (Å²) >= 11 is 0. The van der Waals surface area contributed by atoms with Crippen LogP contribution >= 0.6 is 0 Å². The number of nitrogens with one attached hydrogen (secondary N) is 3. The molecule has 5 rings (SSSR count). The molecule has 1 aliphatic heterocycles. The van der Waals surface area contributed by atoms with Crippen molar-refractivity contribution in [3.05, 3.63) is 23.8 Å². The smallest absolute Gasteiger partial charge is 0.233 e. The zero-order chi connectivity index (χ0) is 24.0. The van der Waals surface area contributed by atoms with Crippen LogP contribution in [0.3, 0.4) is 0 Å². The van der Waals surface area contributed by atoms with Gasteiger partial charge >= 0.3 is 0 Å². The van der Waals surface area contributed by atoms with Gasteiger partial charge in [-0.3, -0.25) is 4.90 Å². The first-order valence-electron chi connectivity index (χ1n) is 13.7. The number of nitrogens with zero attached hydrogens (tertiary/aromatic N) is 4. The number of aromatic nitrogens is 3. The normalized spacial score (nSPS) is 21.1. The molecule has 2 heterocycles. The van der Waals surface area contributed by atoms with E-state index in [-0.39, 0.29) is 0 Å². The standard InChI is InChI=1S/C27H41N7O/c1-3-34-15-7-10-22(34)18-29-26-31-25(28-17-20-8-5-4-6-9-20)32-27(33-26)30-21-11-14-24(19(2)16-21)35-23-12-13-23/h11,14,16,20,22-23H,3-10,12-13,15,17-18H2,1-2H3,(H3,28,29,30,31,32,33). The van der Waals surface area contributed by atoms with E-state index in [1.54, 1.807) is 0 Å². The number of ether oxygens (including phenoxy) is 1. The lowest BCUT2D eigenvalue weighted by atomic mass is 9.89. The minimum atomic E-state index is 0.394. The van der Waals surface area contributed by atoms with E-state index < -0.39 is 0 Å². The molecule has 0 bridgehead atoms. The van der Waals surface area contributed by atoms with Gasteiger partial charge in [-0.1, -0.05) is 26.2 Å². The summed E-state index contributed by atoms with van der Waals surface area (Å²) in [6, 6.07) is 6.71. The Morgan fingerprint density at radius 2 is 1.63 bits per heavy atom. The Hall–Kier alpha value is -2.61. The number of benzene rings is 1. The summed E-state index contributed by atoms with van der Waals surface area (Å²) in [7, 11) is 0. The lowest BCUT2D eigenvalue weighted by Gasteiger charge is -2.23. The molecule has 8 heteroatoms. The Morgan fingerprint density at radius 3 is 2.34 bits per heavy atom. The van der Waals surface area contributed by atoms with Crippen LogP contribution in [0.1, 0.15) is 70.3 Å². The molecule has 190 valence electrons. The molecule has 3 aliphatic rings. The van der Waals surface area contributed by atoms with Crippen LogP contribution in [0.4, 0.5) is 23.5 Å². The Bertz CT molecular complexity index is 974. The minimum absolute atomic E-state index is 0.394. The molecule has 3 fully saturated rings. The second-order valence-corrected chi connectivity index (χ2v) is 10.4. The van der Waals surface area contributed by atoms with E-state index in [9.17, 15) is 0 Å². The third-order valence-corrected chi connectivity index (χ3v) is 7.56. The Labute approximate surface area is 209 Å². The van der Waals surface area contributed by atoms with Crippen molar-refractivity contribution >= 4 is 23.5 Å². The molecule has 2 saturated carbocycles. The second kappa shape index (κ2) is 11.4. The molecule has 1 unspecified atom stereocenters. The number of hydrogen-bond donors (Lipinski definition) is 3. The van der Waals surface area contributed by atoms with E-state index in [1.165, 1.54) is 51.5 Å². The third-order valence-electron chi connectivity index (χ3n) is 7.56. The molecule has 1 saturated heterocycles. The van der Waals surface area contributed by atoms with Crippen molar-refractivity contribution in [1.29, 1.82) is 0 Å². The first kappa shape index (κ1) is 24.1. The van der Waals surface area contributed by atoms with Crippen LogP contribution in [0.2, 0.25) is 0 Å². The maximum atomic E-state index is 5.99. The van der Waals surface area contributed by atoms with Crippen molar-refractivity contribution in [2.75, 3.05) is 42.1 Å². The Kier molecular flexibility index (Phi) is 7.86. The van der Waals surface area contributed by atoms with Gasteiger partial charge in [-0.25, -0.2) is 0 Å². The quantitative estimate of drug-likeness (QED) is 0.397. The van der Waals surface area contributed by atoms with Gasteiger partial charge in [0, 0.05) is 24.8 Å². The summed E-state index contributed by atoms with van der Waals surface area (Å²) in [6.07, 6.45) is 11.8. The molecule has 1 aromatic heterocycles. The van der Waals surface area contributed by atoms with Crippen LogP contribution in [0.15, 0.2) is 18.2 Å². The summed E-state index contributed by atoms with van der Waals surface area (Å²) in [5.41, 5.74) is 2.07. The molecule has 0 amide bonds. The highest BCUT2D eigenvalue weighted by atomic mass is 16.5. The molecule has 8 nitrogen and oxygen atoms in total. The summed E-state index contributed by atoms with van der Waals surface area (Å²) in [5.74, 6) is 3.49. The van der Waals surface area contributed by atoms with Crippen molar-refractivity contribution in [3.63, 3.8) is 0 Å². The number of anilines is 4. The lowest BCUT2D eigenvalue weighted by Crippen LogP contribution is -2.35. The Morgan fingerprint density at radius 1 is 0.886 bits per heavy atom. The largest absolute Gasteiger partial charge is 0.490 e. The number of rotatable bonds is 11. The lowest BCUT2D eigenvalue weighted by molar-refractivity contribution is 0.277. The molecule has 1 atom stereocenters. The van der Waals surface area contributed by atoms with Crippen molar-refractivity contribution < 1.29 is 4.74 Å². The van der Waals surface area contributed by atoms with Crippen molar-refractivity contribution in [2.45, 2.75) is 83.8 Å². The minimum Gasteiger partial charge on any atom is -0.490 e. The highest BCUT2D eigenvalue weighted by Gasteiger charge is 2.24. The summed E-state index contributed by atoms with van der Waals surface area (Å²) in [4.78, 5) is 16.7. The van der Waals surface area contributed by atoms with E-state index in [0.29, 0.717) is 35.9 Å². The molecule has 0 radical (unpaired) electrons. The monoisotopic (exact) mass is 479 g/mol. The zero-order valence-corrected chi connectivity index (χ0v) is 21.4. The van der Waals surface area contributed by atoms with E-state index in [4.69, 9.17) is 19.7 Å². The molecule has 1 aromatic carbocycles. The zero-order valence-electron chi connectivity index (χ0n) is 21.4. The first-order chi connectivity index (χ1) is 17.2. The van der Waals surface area contributed by atoms with Crippen molar-refractivity contribution in [3.8, 4) is 5.75 Å². The summed E-state index contributed by atoms with van der Waals surface area (Å²) < 4.78 is 5.99. The van der Waals surface area contributed by atoms with Gasteiger partial charge in [-0.15, -0.1) is 0 Å². The third kappa shape index (κ3) is 6.75. The van der Waals surface area contributed by atoms with Crippen LogP contribution < -0.4 is 20.7 Å². The van der Waals surface area contributed by atoms with Gasteiger partial charge in [-0.05, 0) is 88.2 Å². The maximum absolute atomic E-state index is 5.99. The fourth-order valence-electron chi connectivity index (χ4n) is 5.32. The van der Waals surface area contributed by atoms with Gasteiger partial charge in [0.1, 0.15) is 5.75 Å². The average Bonchev–Trinajstić information content (AvgIpc) is 3.58. The van der Waals surface area contributed by atoms with Gasteiger partial charge in [0.15, 0.2) is 0 Å². The van der Waals surface area contributed by atoms with Crippen LogP contribution in [-0.2, 0) is 0 Å². The van der Waals surface area contributed by atoms with Crippen molar-refractivity contribution in [2.24, 2.45) is 5.92 Å². The van der Waals surface area contributed by atoms with Crippen LogP contribution in [-0.4, -0.2) is 58.2 Å². The molecule has 35 heavy (non-hydrogen) atoms. The van der Waals surface area contributed by atoms with Gasteiger partial charge < -0.3 is 20.7 Å². The topological polar surface area (TPSA) is 87.2 Å². The van der Waals surface area contributed by atoms with E-state index in [0.717, 1.165) is 49.5 Å². The number of likely N-dealkylation sites (tertiary alicyclic amines) is 1. The number of aryl methyl sites for hydroxylation is 1. The first-order valence-corrected chi connectivity index (χ1v) is 13.7. The van der Waals surface area contributed by atoms with Crippen LogP contribution in [0.5, 0.6) is 5.75 Å². The molecule has 2 aliphatic carbocycles. The highest BCUT2D eigenvalue weighted by molar-refractivity contribution is 5.58. The van der Waals surface area contributed by atoms with Crippen molar-refractivity contribution in [1.82, 2.24) is 19.9 Å². The highest BCUT2D eigenvalue weighted by Crippen LogP contribution is 2.31. The predicted molar refractivity (Wildman–Crippen MR) is 142 cm³/mol. The van der Waals surface area contributed by atoms with Gasteiger partial charge in [-0.2, -0.15) is 15.0 Å². The average molecular weight is 480 g/mol. The Balaban J connectivity index is 1.28. The predicted octanol–water partition coefficient (Wildman–Crippen LogP) is 5.35. The number of hydrogen-bond acceptors (Lipinski definition) is 8. The molecule has 0 spiro atoms. The van der Waals surface area contributed by atoms with E-state index in [2.05, 4.69) is 40.8 Å². The van der Waals surface area contributed by atoms with Gasteiger partial charge in [0.2, 0.25) is 17.8 Å². The van der Waals surface area contributed by atoms with Gasteiger partial charge in [0.05, 0.1) is 6.10 Å². The van der Waals surface area contributed by atoms with Crippen LogP contribution in [0.25, 0.3) is 0 Å². The maximum Gasteiger partial charge on any atom is 0.233 e. The fourth-order valence-corrected chi connectivity index (χ4v) is 5.32. The van der Waals surface area contributed by atoms with E-state index in [1.807, 2.05) is 12.1 Å². The van der Waals surface area contributed by atoms with Crippen LogP contribution in [0, 0.1) is 12.8 Å². The molecule has 3 N–H and O–H groups in total. The number of likely N-dealkylation sites (N-methyl/N-ethyl adjacent to an activating group) is 1. The summed E-state index contributed by atoms with van der Waals surface area (Å²) in [6.45, 7) is 8.36. The second-order valence-electron chi connectivity index (χ2n) is 10.4. The summed E-state index contributed by atoms with van der Waals surface area (Å²) in [5, 5.41) is 10.4. The van der Waals surface area contributed by atoms with Gasteiger partial charge in [0.25, 0.3) is 0 Å². The van der Waals surface area contributed by atoms with E-state index >= 15 is 0 Å². The SMILES string of the molecule is CCN1CCCC1CNc1nc(NCC2CCCCC2)nc(Nc2ccc(OC3CC3)c(C)c2)n1.